The predicted octanol–water partition coefficient (Wildman–Crippen LogP) is 5.75. The van der Waals surface area contributed by atoms with Crippen LogP contribution in [0.15, 0.2) is 24.3 Å². The zero-order valence-electron chi connectivity index (χ0n) is 13.7. The molecule has 1 saturated carbocycles. The van der Waals surface area contributed by atoms with Gasteiger partial charge in [-0.1, -0.05) is 56.9 Å². The van der Waals surface area contributed by atoms with Crippen LogP contribution in [0.4, 0.5) is 0 Å². The molecule has 1 nitrogen and oxygen atoms in total. The lowest BCUT2D eigenvalue weighted by Gasteiger charge is -2.23. The van der Waals surface area contributed by atoms with Crippen molar-refractivity contribution >= 4 is 11.6 Å². The molecule has 2 heteroatoms. The second kappa shape index (κ2) is 8.80. The second-order valence-corrected chi connectivity index (χ2v) is 7.11. The number of alkyl halides is 1. The van der Waals surface area contributed by atoms with Gasteiger partial charge in [-0.25, -0.2) is 0 Å². The van der Waals surface area contributed by atoms with Gasteiger partial charge < -0.3 is 4.90 Å². The minimum atomic E-state index is 0.104. The SMILES string of the molecule is CCCCN(C)CC(Cl)c1ccc(C2CCCCC2)cc1. The van der Waals surface area contributed by atoms with E-state index in [1.807, 2.05) is 0 Å². The van der Waals surface area contributed by atoms with Crippen molar-refractivity contribution in [2.45, 2.75) is 63.2 Å². The van der Waals surface area contributed by atoms with Gasteiger partial charge in [0.2, 0.25) is 0 Å². The highest BCUT2D eigenvalue weighted by Gasteiger charge is 2.16. The van der Waals surface area contributed by atoms with Crippen molar-refractivity contribution < 1.29 is 0 Å². The summed E-state index contributed by atoms with van der Waals surface area (Å²) in [6, 6.07) is 9.12. The fraction of sp³-hybridized carbons (Fsp3) is 0.684. The Labute approximate surface area is 135 Å². The summed E-state index contributed by atoms with van der Waals surface area (Å²) in [5, 5.41) is 0.104. The summed E-state index contributed by atoms with van der Waals surface area (Å²) in [6.07, 6.45) is 9.43. The summed E-state index contributed by atoms with van der Waals surface area (Å²) in [5.74, 6) is 0.786. The molecule has 0 aliphatic heterocycles. The van der Waals surface area contributed by atoms with E-state index in [1.165, 1.54) is 56.1 Å². The van der Waals surface area contributed by atoms with E-state index >= 15 is 0 Å². The van der Waals surface area contributed by atoms with Crippen LogP contribution in [-0.4, -0.2) is 25.0 Å². The molecular weight excluding hydrogens is 278 g/mol. The van der Waals surface area contributed by atoms with Crippen LogP contribution in [0.1, 0.15) is 74.3 Å². The van der Waals surface area contributed by atoms with Crippen molar-refractivity contribution in [2.24, 2.45) is 0 Å². The van der Waals surface area contributed by atoms with E-state index in [-0.39, 0.29) is 5.38 Å². The maximum Gasteiger partial charge on any atom is 0.0712 e. The Kier molecular flexibility index (Phi) is 7.06. The van der Waals surface area contributed by atoms with Crippen LogP contribution < -0.4 is 0 Å². The number of hydrogen-bond acceptors (Lipinski definition) is 1. The fourth-order valence-corrected chi connectivity index (χ4v) is 3.69. The highest BCUT2D eigenvalue weighted by Crippen LogP contribution is 2.33. The molecule has 0 N–H and O–H groups in total. The summed E-state index contributed by atoms with van der Waals surface area (Å²) < 4.78 is 0. The number of rotatable bonds is 7. The van der Waals surface area contributed by atoms with E-state index in [2.05, 4.69) is 43.1 Å². The quantitative estimate of drug-likeness (QED) is 0.580. The number of halogens is 1. The van der Waals surface area contributed by atoms with Gasteiger partial charge in [0.1, 0.15) is 0 Å². The van der Waals surface area contributed by atoms with Crippen LogP contribution in [0.25, 0.3) is 0 Å². The van der Waals surface area contributed by atoms with Crippen LogP contribution >= 0.6 is 11.6 Å². The van der Waals surface area contributed by atoms with Crippen LogP contribution in [0, 0.1) is 0 Å². The first-order valence-corrected chi connectivity index (χ1v) is 9.06. The first kappa shape index (κ1) is 16.8. The minimum absolute atomic E-state index is 0.104. The highest BCUT2D eigenvalue weighted by atomic mass is 35.5. The van der Waals surface area contributed by atoms with Crippen molar-refractivity contribution in [2.75, 3.05) is 20.1 Å². The average molecular weight is 308 g/mol. The van der Waals surface area contributed by atoms with Crippen LogP contribution in [-0.2, 0) is 0 Å². The molecule has 0 radical (unpaired) electrons. The summed E-state index contributed by atoms with van der Waals surface area (Å²) in [4.78, 5) is 2.34. The zero-order valence-corrected chi connectivity index (χ0v) is 14.4. The molecule has 1 atom stereocenters. The normalized spacial score (nSPS) is 18.1. The van der Waals surface area contributed by atoms with Crippen LogP contribution in [0.5, 0.6) is 0 Å². The van der Waals surface area contributed by atoms with E-state index in [4.69, 9.17) is 11.6 Å². The molecule has 0 spiro atoms. The van der Waals surface area contributed by atoms with Gasteiger partial charge >= 0.3 is 0 Å². The molecular formula is C19H30ClN. The lowest BCUT2D eigenvalue weighted by Crippen LogP contribution is -2.23. The van der Waals surface area contributed by atoms with Crippen molar-refractivity contribution in [3.05, 3.63) is 35.4 Å². The Balaban J connectivity index is 1.88. The largest absolute Gasteiger partial charge is 0.305 e. The Hall–Kier alpha value is -0.530. The summed E-state index contributed by atoms with van der Waals surface area (Å²) in [7, 11) is 2.17. The van der Waals surface area contributed by atoms with Gasteiger partial charge in [0.25, 0.3) is 0 Å². The average Bonchev–Trinajstić information content (AvgIpc) is 2.54. The number of hydrogen-bond donors (Lipinski definition) is 0. The molecule has 0 amide bonds. The number of nitrogens with zero attached hydrogens (tertiary/aromatic N) is 1. The Morgan fingerprint density at radius 1 is 1.14 bits per heavy atom. The van der Waals surface area contributed by atoms with Gasteiger partial charge in [0.15, 0.2) is 0 Å². The fourth-order valence-electron chi connectivity index (χ4n) is 3.31. The first-order valence-electron chi connectivity index (χ1n) is 8.63. The molecule has 0 bridgehead atoms. The molecule has 1 aliphatic rings. The molecule has 1 unspecified atom stereocenters. The molecule has 0 aromatic heterocycles. The van der Waals surface area contributed by atoms with Crippen LogP contribution in [0.3, 0.4) is 0 Å². The third-order valence-electron chi connectivity index (χ3n) is 4.74. The smallest absolute Gasteiger partial charge is 0.0712 e. The van der Waals surface area contributed by atoms with Gasteiger partial charge in [-0.15, -0.1) is 11.6 Å². The first-order chi connectivity index (χ1) is 10.2. The van der Waals surface area contributed by atoms with Gasteiger partial charge in [-0.05, 0) is 49.9 Å². The number of likely N-dealkylation sites (N-methyl/N-ethyl adjacent to an activating group) is 1. The van der Waals surface area contributed by atoms with Crippen LogP contribution in [0.2, 0.25) is 0 Å². The van der Waals surface area contributed by atoms with Crippen molar-refractivity contribution in [3.63, 3.8) is 0 Å². The molecule has 1 fully saturated rings. The lowest BCUT2D eigenvalue weighted by atomic mass is 9.84. The van der Waals surface area contributed by atoms with Crippen molar-refractivity contribution in [1.82, 2.24) is 4.90 Å². The maximum absolute atomic E-state index is 6.58. The topological polar surface area (TPSA) is 3.24 Å². The van der Waals surface area contributed by atoms with Gasteiger partial charge in [0, 0.05) is 6.54 Å². The molecule has 0 heterocycles. The van der Waals surface area contributed by atoms with Gasteiger partial charge in [0.05, 0.1) is 5.38 Å². The van der Waals surface area contributed by atoms with Gasteiger partial charge in [-0.3, -0.25) is 0 Å². The molecule has 1 aromatic carbocycles. The summed E-state index contributed by atoms with van der Waals surface area (Å²) >= 11 is 6.58. The Morgan fingerprint density at radius 2 is 1.81 bits per heavy atom. The Morgan fingerprint density at radius 3 is 2.43 bits per heavy atom. The standard InChI is InChI=1S/C19H30ClN/c1-3-4-14-21(2)15-19(20)18-12-10-17(11-13-18)16-8-6-5-7-9-16/h10-13,16,19H,3-9,14-15H2,1-2H3. The molecule has 21 heavy (non-hydrogen) atoms. The number of benzene rings is 1. The molecule has 118 valence electrons. The molecule has 0 saturated heterocycles. The minimum Gasteiger partial charge on any atom is -0.305 e. The van der Waals surface area contributed by atoms with E-state index < -0.39 is 0 Å². The van der Waals surface area contributed by atoms with E-state index in [0.29, 0.717) is 0 Å². The Bertz CT molecular complexity index is 395. The van der Waals surface area contributed by atoms with E-state index in [9.17, 15) is 0 Å². The van der Waals surface area contributed by atoms with Gasteiger partial charge in [-0.2, -0.15) is 0 Å². The second-order valence-electron chi connectivity index (χ2n) is 6.58. The third kappa shape index (κ3) is 5.30. The monoisotopic (exact) mass is 307 g/mol. The molecule has 1 aliphatic carbocycles. The highest BCUT2D eigenvalue weighted by molar-refractivity contribution is 6.21. The lowest BCUT2D eigenvalue weighted by molar-refractivity contribution is 0.328. The van der Waals surface area contributed by atoms with Crippen molar-refractivity contribution in [1.29, 1.82) is 0 Å². The molecule has 1 aromatic rings. The summed E-state index contributed by atoms with van der Waals surface area (Å²) in [6.45, 7) is 4.31. The summed E-state index contributed by atoms with van der Waals surface area (Å²) in [5.41, 5.74) is 2.78. The predicted molar refractivity (Wildman–Crippen MR) is 93.3 cm³/mol. The van der Waals surface area contributed by atoms with E-state index in [0.717, 1.165) is 19.0 Å². The third-order valence-corrected chi connectivity index (χ3v) is 5.13. The van der Waals surface area contributed by atoms with Crippen molar-refractivity contribution in [3.8, 4) is 0 Å². The zero-order chi connectivity index (χ0) is 15.1. The maximum atomic E-state index is 6.58. The number of unbranched alkanes of at least 4 members (excludes halogenated alkanes) is 1. The van der Waals surface area contributed by atoms with E-state index in [1.54, 1.807) is 0 Å². The molecule has 2 rings (SSSR count).